The van der Waals surface area contributed by atoms with Crippen LogP contribution in [0.5, 0.6) is 0 Å². The normalized spacial score (nSPS) is 13.1. The van der Waals surface area contributed by atoms with E-state index in [1.54, 1.807) is 16.5 Å². The summed E-state index contributed by atoms with van der Waals surface area (Å²) in [4.78, 5) is 0. The van der Waals surface area contributed by atoms with Crippen molar-refractivity contribution in [3.05, 3.63) is 0 Å². The third kappa shape index (κ3) is 12.0. The van der Waals surface area contributed by atoms with Crippen molar-refractivity contribution in [2.45, 2.75) is 97.6 Å². The molecule has 0 aliphatic carbocycles. The van der Waals surface area contributed by atoms with Gasteiger partial charge in [-0.2, -0.15) is 0 Å². The van der Waals surface area contributed by atoms with Gasteiger partial charge < -0.3 is 0 Å². The molecule has 128 valence electrons. The molecule has 0 saturated carbocycles. The zero-order chi connectivity index (χ0) is 16.5. The molecule has 0 bridgehead atoms. The molecule has 0 aromatic rings. The molecule has 0 spiro atoms. The Morgan fingerprint density at radius 2 is 0.619 bits per heavy atom. The zero-order valence-corrected chi connectivity index (χ0v) is 18.9. The molecule has 1 heteroatoms. The van der Waals surface area contributed by atoms with Crippen LogP contribution in [0.4, 0.5) is 0 Å². The molecule has 21 heavy (non-hydrogen) atoms. The van der Waals surface area contributed by atoms with Crippen molar-refractivity contribution in [1.29, 1.82) is 0 Å². The number of rotatable bonds is 12. The van der Waals surface area contributed by atoms with E-state index in [0.717, 1.165) is 23.7 Å². The van der Waals surface area contributed by atoms with Crippen molar-refractivity contribution in [3.8, 4) is 0 Å². The summed E-state index contributed by atoms with van der Waals surface area (Å²) < 4.78 is 6.66. The van der Waals surface area contributed by atoms with E-state index >= 15 is 0 Å². The van der Waals surface area contributed by atoms with Crippen molar-refractivity contribution in [2.24, 2.45) is 23.7 Å². The molecule has 0 aromatic heterocycles. The Labute approximate surface area is 141 Å². The van der Waals surface area contributed by atoms with Crippen LogP contribution in [0, 0.1) is 23.7 Å². The second-order valence-corrected chi connectivity index (χ2v) is 21.5. The van der Waals surface area contributed by atoms with Gasteiger partial charge in [0.25, 0.3) is 0 Å². The molecule has 0 unspecified atom stereocenters. The van der Waals surface area contributed by atoms with Crippen LogP contribution in [0.1, 0.15) is 81.1 Å². The first kappa shape index (κ1) is 21.9. The summed E-state index contributed by atoms with van der Waals surface area (Å²) in [6.45, 7) is 19.4. The van der Waals surface area contributed by atoms with E-state index in [9.17, 15) is 0 Å². The van der Waals surface area contributed by atoms with Gasteiger partial charge in [0.15, 0.2) is 0 Å². The minimum absolute atomic E-state index is 0.901. The molecule has 0 aliphatic heterocycles. The Kier molecular flexibility index (Phi) is 11.9. The second-order valence-electron chi connectivity index (χ2n) is 9.23. The zero-order valence-electron chi connectivity index (χ0n) is 16.5. The van der Waals surface area contributed by atoms with Crippen LogP contribution in [0.25, 0.3) is 0 Å². The molecule has 0 nitrogen and oxygen atoms in total. The van der Waals surface area contributed by atoms with Crippen LogP contribution < -0.4 is 0 Å². The molecular weight excluding hydrogens is 331 g/mol. The Morgan fingerprint density at radius 1 is 0.429 bits per heavy atom. The van der Waals surface area contributed by atoms with E-state index < -0.39 is 20.3 Å². The summed E-state index contributed by atoms with van der Waals surface area (Å²) in [6, 6.07) is 0. The molecule has 0 radical (unpaired) electrons. The van der Waals surface area contributed by atoms with E-state index in [-0.39, 0.29) is 0 Å². The molecule has 0 N–H and O–H groups in total. The maximum atomic E-state index is 2.42. The van der Waals surface area contributed by atoms with Crippen LogP contribution in [0.2, 0.25) is 16.5 Å². The van der Waals surface area contributed by atoms with Crippen molar-refractivity contribution in [1.82, 2.24) is 0 Å². The summed E-state index contributed by atoms with van der Waals surface area (Å²) in [6.07, 6.45) is 6.02. The molecule has 0 aromatic carbocycles. The summed E-state index contributed by atoms with van der Waals surface area (Å²) in [7, 11) is 0. The average molecular weight is 376 g/mol. The molecule has 0 saturated heterocycles. The van der Waals surface area contributed by atoms with Gasteiger partial charge in [0.2, 0.25) is 0 Å². The molecular formula is C20H44Zr. The fourth-order valence-corrected chi connectivity index (χ4v) is 18.5. The molecule has 0 heterocycles. The van der Waals surface area contributed by atoms with Crippen molar-refractivity contribution < 1.29 is 20.3 Å². The van der Waals surface area contributed by atoms with E-state index in [0.29, 0.717) is 0 Å². The molecule has 0 aliphatic rings. The van der Waals surface area contributed by atoms with Crippen LogP contribution in [0.15, 0.2) is 0 Å². The van der Waals surface area contributed by atoms with E-state index in [1.165, 1.54) is 25.7 Å². The number of hydrogen-bond donors (Lipinski definition) is 0. The third-order valence-corrected chi connectivity index (χ3v) is 18.3. The second kappa shape index (κ2) is 11.4. The first-order valence-electron chi connectivity index (χ1n) is 9.67. The van der Waals surface area contributed by atoms with E-state index in [4.69, 9.17) is 0 Å². The SMILES string of the molecule is CC(C)C[CH2][Zr]([CH2]CC(C)C)([CH2]CC(C)C)[CH2]CC(C)C. The standard InChI is InChI=1S/4C5H11.Zr/c4*1-4-5(2)3;/h4*5H,1,4H2,2-3H3;. The summed E-state index contributed by atoms with van der Waals surface area (Å²) in [5, 5.41) is 0. The topological polar surface area (TPSA) is 0 Å². The van der Waals surface area contributed by atoms with Gasteiger partial charge in [-0.25, -0.2) is 0 Å². The monoisotopic (exact) mass is 374 g/mol. The molecule has 0 fully saturated rings. The van der Waals surface area contributed by atoms with Gasteiger partial charge in [0.05, 0.1) is 0 Å². The maximum absolute atomic E-state index is 2.42. The predicted molar refractivity (Wildman–Crippen MR) is 97.0 cm³/mol. The van der Waals surface area contributed by atoms with Crippen molar-refractivity contribution >= 4 is 0 Å². The fourth-order valence-electron chi connectivity index (χ4n) is 3.13. The van der Waals surface area contributed by atoms with Gasteiger partial charge in [-0.1, -0.05) is 0 Å². The van der Waals surface area contributed by atoms with Crippen LogP contribution in [-0.4, -0.2) is 0 Å². The van der Waals surface area contributed by atoms with Gasteiger partial charge in [0, 0.05) is 0 Å². The van der Waals surface area contributed by atoms with Gasteiger partial charge in [-0.15, -0.1) is 0 Å². The molecule has 0 atom stereocenters. The van der Waals surface area contributed by atoms with Crippen LogP contribution in [-0.2, 0) is 20.3 Å². The quantitative estimate of drug-likeness (QED) is 0.324. The summed E-state index contributed by atoms with van der Waals surface area (Å²) in [5.74, 6) is 3.60. The van der Waals surface area contributed by atoms with Gasteiger partial charge in [0.1, 0.15) is 0 Å². The summed E-state index contributed by atoms with van der Waals surface area (Å²) in [5.41, 5.74) is 0. The van der Waals surface area contributed by atoms with Gasteiger partial charge in [-0.3, -0.25) is 0 Å². The Morgan fingerprint density at radius 3 is 0.762 bits per heavy atom. The summed E-state index contributed by atoms with van der Waals surface area (Å²) >= 11 is -1.90. The first-order chi connectivity index (χ1) is 9.67. The van der Waals surface area contributed by atoms with Crippen LogP contribution >= 0.6 is 0 Å². The van der Waals surface area contributed by atoms with Gasteiger partial charge >= 0.3 is 142 Å². The minimum atomic E-state index is -1.90. The molecule has 0 rings (SSSR count). The Balaban J connectivity index is 4.85. The van der Waals surface area contributed by atoms with Crippen molar-refractivity contribution in [2.75, 3.05) is 0 Å². The third-order valence-electron chi connectivity index (χ3n) is 5.01. The van der Waals surface area contributed by atoms with E-state index in [1.807, 2.05) is 0 Å². The predicted octanol–water partition coefficient (Wildman–Crippen LogP) is 8.00. The van der Waals surface area contributed by atoms with Gasteiger partial charge in [-0.05, 0) is 0 Å². The number of hydrogen-bond acceptors (Lipinski definition) is 0. The molecule has 0 amide bonds. The Hall–Kier alpha value is 0.883. The van der Waals surface area contributed by atoms with Crippen molar-refractivity contribution in [3.63, 3.8) is 0 Å². The fraction of sp³-hybridized carbons (Fsp3) is 1.00. The average Bonchev–Trinajstić information content (AvgIpc) is 2.36. The Bertz CT molecular complexity index is 187. The van der Waals surface area contributed by atoms with E-state index in [2.05, 4.69) is 55.4 Å². The first-order valence-corrected chi connectivity index (χ1v) is 16.6. The van der Waals surface area contributed by atoms with Crippen LogP contribution in [0.3, 0.4) is 0 Å².